The monoisotopic (exact) mass is 299 g/mol. The maximum absolute atomic E-state index is 12.0. The van der Waals surface area contributed by atoms with E-state index in [-0.39, 0.29) is 24.2 Å². The van der Waals surface area contributed by atoms with Crippen molar-refractivity contribution in [2.24, 2.45) is 11.1 Å². The minimum absolute atomic E-state index is 0.0964. The number of carbonyl (C=O) groups excluding carboxylic acids is 1. The molecule has 6 nitrogen and oxygen atoms in total. The molecule has 0 fully saturated rings. The number of nitrogens with zero attached hydrogens (tertiary/aromatic N) is 1. The molecule has 112 valence electrons. The Bertz CT molecular complexity index is 481. The predicted octanol–water partition coefficient (Wildman–Crippen LogP) is 1.78. The summed E-state index contributed by atoms with van der Waals surface area (Å²) in [4.78, 5) is 27.5. The first-order valence-electron chi connectivity index (χ1n) is 6.59. The van der Waals surface area contributed by atoms with Gasteiger partial charge in [-0.2, -0.15) is 0 Å². The first kappa shape index (κ1) is 16.6. The number of nitrogens with two attached hydrogens (primary N) is 1. The molecule has 7 heteroatoms. The number of thiazole rings is 1. The van der Waals surface area contributed by atoms with Crippen LogP contribution in [0.25, 0.3) is 0 Å². The fourth-order valence-corrected chi connectivity index (χ4v) is 2.58. The number of carboxylic acids is 1. The maximum Gasteiger partial charge on any atom is 0.311 e. The Hall–Kier alpha value is -1.47. The second kappa shape index (κ2) is 6.81. The summed E-state index contributed by atoms with van der Waals surface area (Å²) in [5.41, 5.74) is 5.06. The fourth-order valence-electron chi connectivity index (χ4n) is 1.82. The van der Waals surface area contributed by atoms with E-state index >= 15 is 0 Å². The maximum atomic E-state index is 12.0. The highest BCUT2D eigenvalue weighted by molar-refractivity contribution is 7.09. The van der Waals surface area contributed by atoms with E-state index in [2.05, 4.69) is 10.3 Å². The van der Waals surface area contributed by atoms with Crippen LogP contribution >= 0.6 is 11.3 Å². The Morgan fingerprint density at radius 2 is 2.10 bits per heavy atom. The van der Waals surface area contributed by atoms with Crippen molar-refractivity contribution in [2.75, 3.05) is 6.54 Å². The van der Waals surface area contributed by atoms with Gasteiger partial charge in [0.15, 0.2) is 0 Å². The van der Waals surface area contributed by atoms with Crippen molar-refractivity contribution in [3.8, 4) is 0 Å². The van der Waals surface area contributed by atoms with Crippen LogP contribution in [0.4, 0.5) is 0 Å². The molecule has 4 N–H and O–H groups in total. The molecule has 0 spiro atoms. The lowest BCUT2D eigenvalue weighted by Crippen LogP contribution is -2.42. The SMILES string of the molecule is CCC(CC)(CNC(=O)c1csc(C(C)N)n1)C(=O)O. The third kappa shape index (κ3) is 3.55. The highest BCUT2D eigenvalue weighted by Gasteiger charge is 2.35. The standard InChI is InChI=1S/C13H21N3O3S/c1-4-13(5-2,12(18)19)7-15-10(17)9-6-20-11(16-9)8(3)14/h6,8H,4-5,7,14H2,1-3H3,(H,15,17)(H,18,19). The summed E-state index contributed by atoms with van der Waals surface area (Å²) < 4.78 is 0. The van der Waals surface area contributed by atoms with Crippen LogP contribution in [0.2, 0.25) is 0 Å². The molecular weight excluding hydrogens is 278 g/mol. The van der Waals surface area contributed by atoms with Crippen molar-refractivity contribution in [3.63, 3.8) is 0 Å². The van der Waals surface area contributed by atoms with E-state index < -0.39 is 11.4 Å². The van der Waals surface area contributed by atoms with Crippen LogP contribution in [0, 0.1) is 5.41 Å². The van der Waals surface area contributed by atoms with Crippen LogP contribution in [0.3, 0.4) is 0 Å². The lowest BCUT2D eigenvalue weighted by atomic mass is 9.82. The molecule has 0 aliphatic rings. The molecule has 0 aliphatic heterocycles. The molecular formula is C13H21N3O3S. The zero-order chi connectivity index (χ0) is 15.3. The van der Waals surface area contributed by atoms with Gasteiger partial charge in [-0.3, -0.25) is 9.59 Å². The molecule has 20 heavy (non-hydrogen) atoms. The van der Waals surface area contributed by atoms with Crippen molar-refractivity contribution in [1.82, 2.24) is 10.3 Å². The van der Waals surface area contributed by atoms with Gasteiger partial charge in [-0.15, -0.1) is 11.3 Å². The molecule has 0 saturated heterocycles. The van der Waals surface area contributed by atoms with E-state index in [4.69, 9.17) is 5.73 Å². The predicted molar refractivity (Wildman–Crippen MR) is 77.7 cm³/mol. The third-order valence-electron chi connectivity index (χ3n) is 3.54. The number of rotatable bonds is 7. The van der Waals surface area contributed by atoms with Gasteiger partial charge in [-0.05, 0) is 19.8 Å². The van der Waals surface area contributed by atoms with Crippen LogP contribution in [0.5, 0.6) is 0 Å². The summed E-state index contributed by atoms with van der Waals surface area (Å²) in [6.07, 6.45) is 0.919. The molecule has 0 aromatic carbocycles. The Morgan fingerprint density at radius 1 is 1.50 bits per heavy atom. The summed E-state index contributed by atoms with van der Waals surface area (Å²) in [6.45, 7) is 5.50. The van der Waals surface area contributed by atoms with Gasteiger partial charge in [-0.25, -0.2) is 4.98 Å². The van der Waals surface area contributed by atoms with Crippen LogP contribution in [0.15, 0.2) is 5.38 Å². The summed E-state index contributed by atoms with van der Waals surface area (Å²) in [6, 6.07) is -0.217. The van der Waals surface area contributed by atoms with E-state index in [0.717, 1.165) is 0 Å². The van der Waals surface area contributed by atoms with Gasteiger partial charge < -0.3 is 16.2 Å². The highest BCUT2D eigenvalue weighted by atomic mass is 32.1. The molecule has 0 aliphatic carbocycles. The van der Waals surface area contributed by atoms with E-state index in [1.54, 1.807) is 26.2 Å². The third-order valence-corrected chi connectivity index (χ3v) is 4.58. The summed E-state index contributed by atoms with van der Waals surface area (Å²) in [5.74, 6) is -1.25. The molecule has 1 unspecified atom stereocenters. The van der Waals surface area contributed by atoms with Crippen LogP contribution in [0.1, 0.15) is 55.2 Å². The van der Waals surface area contributed by atoms with E-state index in [9.17, 15) is 14.7 Å². The summed E-state index contributed by atoms with van der Waals surface area (Å²) in [7, 11) is 0. The van der Waals surface area contributed by atoms with Crippen molar-refractivity contribution in [3.05, 3.63) is 16.1 Å². The number of nitrogens with one attached hydrogen (secondary N) is 1. The van der Waals surface area contributed by atoms with Gasteiger partial charge in [0, 0.05) is 11.9 Å². The quantitative estimate of drug-likeness (QED) is 0.711. The van der Waals surface area contributed by atoms with Gasteiger partial charge >= 0.3 is 5.97 Å². The molecule has 1 atom stereocenters. The zero-order valence-electron chi connectivity index (χ0n) is 12.0. The number of aromatic nitrogens is 1. The van der Waals surface area contributed by atoms with E-state index in [0.29, 0.717) is 17.8 Å². The normalized spacial score (nSPS) is 13.0. The number of carboxylic acid groups (broad SMARTS) is 1. The van der Waals surface area contributed by atoms with Crippen molar-refractivity contribution in [1.29, 1.82) is 0 Å². The summed E-state index contributed by atoms with van der Waals surface area (Å²) >= 11 is 1.32. The number of carbonyl (C=O) groups is 2. The number of aliphatic carboxylic acids is 1. The fraction of sp³-hybridized carbons (Fsp3) is 0.615. The number of hydrogen-bond donors (Lipinski definition) is 3. The molecule has 0 radical (unpaired) electrons. The largest absolute Gasteiger partial charge is 0.481 e. The van der Waals surface area contributed by atoms with Crippen molar-refractivity contribution in [2.45, 2.75) is 39.7 Å². The number of hydrogen-bond acceptors (Lipinski definition) is 5. The van der Waals surface area contributed by atoms with Gasteiger partial charge in [-0.1, -0.05) is 13.8 Å². The van der Waals surface area contributed by atoms with Gasteiger partial charge in [0.25, 0.3) is 5.91 Å². The highest BCUT2D eigenvalue weighted by Crippen LogP contribution is 2.26. The van der Waals surface area contributed by atoms with Gasteiger partial charge in [0.1, 0.15) is 10.7 Å². The Balaban J connectivity index is 2.72. The average molecular weight is 299 g/mol. The molecule has 0 bridgehead atoms. The topological polar surface area (TPSA) is 105 Å². The number of amides is 1. The molecule has 1 rings (SSSR count). The second-order valence-corrected chi connectivity index (χ2v) is 5.72. The van der Waals surface area contributed by atoms with Crippen LogP contribution in [-0.2, 0) is 4.79 Å². The molecule has 0 saturated carbocycles. The zero-order valence-corrected chi connectivity index (χ0v) is 12.8. The van der Waals surface area contributed by atoms with Crippen LogP contribution < -0.4 is 11.1 Å². The Morgan fingerprint density at radius 3 is 2.50 bits per heavy atom. The molecule has 1 heterocycles. The Kier molecular flexibility index (Phi) is 5.64. The summed E-state index contributed by atoms with van der Waals surface area (Å²) in [5, 5.41) is 14.3. The van der Waals surface area contributed by atoms with E-state index in [1.165, 1.54) is 11.3 Å². The lowest BCUT2D eigenvalue weighted by molar-refractivity contribution is -0.149. The van der Waals surface area contributed by atoms with Gasteiger partial charge in [0.2, 0.25) is 0 Å². The van der Waals surface area contributed by atoms with Gasteiger partial charge in [0.05, 0.1) is 11.5 Å². The Labute approximate surface area is 122 Å². The van der Waals surface area contributed by atoms with Crippen molar-refractivity contribution >= 4 is 23.2 Å². The lowest BCUT2D eigenvalue weighted by Gasteiger charge is -2.26. The minimum atomic E-state index is -0.921. The first-order valence-corrected chi connectivity index (χ1v) is 7.47. The van der Waals surface area contributed by atoms with Crippen LogP contribution in [-0.4, -0.2) is 28.5 Å². The van der Waals surface area contributed by atoms with E-state index in [1.807, 2.05) is 0 Å². The van der Waals surface area contributed by atoms with Crippen molar-refractivity contribution < 1.29 is 14.7 Å². The second-order valence-electron chi connectivity index (χ2n) is 4.83. The molecule has 1 amide bonds. The average Bonchev–Trinajstić information content (AvgIpc) is 2.89. The minimum Gasteiger partial charge on any atom is -0.481 e. The smallest absolute Gasteiger partial charge is 0.311 e. The molecule has 1 aromatic heterocycles. The molecule has 1 aromatic rings. The first-order chi connectivity index (χ1) is 9.36.